The second kappa shape index (κ2) is 14.7. The SMILES string of the molecule is C(CCCCCSN1CCOCC1)CCCCSN1CCOCC1. The van der Waals surface area contributed by atoms with Crippen molar-refractivity contribution in [2.24, 2.45) is 0 Å². The lowest BCUT2D eigenvalue weighted by molar-refractivity contribution is 0.0773. The molecule has 2 aliphatic rings. The second-order valence-electron chi connectivity index (χ2n) is 6.58. The van der Waals surface area contributed by atoms with Crippen molar-refractivity contribution in [2.45, 2.75) is 51.4 Å². The lowest BCUT2D eigenvalue weighted by Crippen LogP contribution is -2.31. The number of morpholine rings is 2. The molecule has 0 saturated carbocycles. The van der Waals surface area contributed by atoms with E-state index in [4.69, 9.17) is 9.47 Å². The molecule has 6 heteroatoms. The van der Waals surface area contributed by atoms with Crippen LogP contribution in [0.1, 0.15) is 51.4 Å². The number of ether oxygens (including phenoxy) is 2. The van der Waals surface area contributed by atoms with Crippen LogP contribution in [0.5, 0.6) is 0 Å². The van der Waals surface area contributed by atoms with Gasteiger partial charge in [-0.3, -0.25) is 0 Å². The molecule has 0 unspecified atom stereocenters. The Kier molecular flexibility index (Phi) is 12.8. The van der Waals surface area contributed by atoms with Crippen LogP contribution in [0.25, 0.3) is 0 Å². The molecule has 2 heterocycles. The number of hydrogen-bond acceptors (Lipinski definition) is 6. The average molecular weight is 377 g/mol. The zero-order valence-corrected chi connectivity index (χ0v) is 16.9. The van der Waals surface area contributed by atoms with Crippen molar-refractivity contribution in [3.63, 3.8) is 0 Å². The summed E-state index contributed by atoms with van der Waals surface area (Å²) in [4.78, 5) is 0. The largest absolute Gasteiger partial charge is 0.379 e. The third kappa shape index (κ3) is 10.5. The van der Waals surface area contributed by atoms with Crippen LogP contribution in [-0.2, 0) is 9.47 Å². The molecule has 0 atom stereocenters. The van der Waals surface area contributed by atoms with Gasteiger partial charge in [-0.25, -0.2) is 8.61 Å². The molecular weight excluding hydrogens is 340 g/mol. The van der Waals surface area contributed by atoms with Crippen molar-refractivity contribution in [2.75, 3.05) is 64.1 Å². The van der Waals surface area contributed by atoms with E-state index in [1.54, 1.807) is 0 Å². The summed E-state index contributed by atoms with van der Waals surface area (Å²) in [5.41, 5.74) is 0. The first kappa shape index (κ1) is 20.8. The summed E-state index contributed by atoms with van der Waals surface area (Å²) in [6.07, 6.45) is 11.3. The Labute approximate surface area is 157 Å². The van der Waals surface area contributed by atoms with Crippen LogP contribution in [0.3, 0.4) is 0 Å². The summed E-state index contributed by atoms with van der Waals surface area (Å²) in [5, 5.41) is 0. The van der Waals surface area contributed by atoms with E-state index in [0.29, 0.717) is 0 Å². The molecule has 0 aromatic rings. The topological polar surface area (TPSA) is 24.9 Å². The van der Waals surface area contributed by atoms with E-state index >= 15 is 0 Å². The number of unbranched alkanes of at least 4 members (excludes halogenated alkanes) is 7. The lowest BCUT2D eigenvalue weighted by Gasteiger charge is -2.25. The first-order valence-corrected chi connectivity index (χ1v) is 11.7. The zero-order chi connectivity index (χ0) is 16.7. The Bertz CT molecular complexity index is 258. The molecular formula is C18H36N2O2S2. The van der Waals surface area contributed by atoms with Gasteiger partial charge in [0.25, 0.3) is 0 Å². The fourth-order valence-electron chi connectivity index (χ4n) is 3.00. The van der Waals surface area contributed by atoms with Gasteiger partial charge in [-0.15, -0.1) is 0 Å². The molecule has 2 aliphatic heterocycles. The highest BCUT2D eigenvalue weighted by Crippen LogP contribution is 2.17. The molecule has 2 fully saturated rings. The highest BCUT2D eigenvalue weighted by atomic mass is 32.2. The first-order chi connectivity index (χ1) is 11.9. The third-order valence-corrected chi connectivity index (χ3v) is 6.93. The molecule has 4 nitrogen and oxygen atoms in total. The lowest BCUT2D eigenvalue weighted by atomic mass is 10.1. The standard InChI is InChI=1S/C18H36N2O2S2/c1(3-5-7-17-23-19-9-13-21-14-10-19)2-4-6-8-18-24-20-11-15-22-16-12-20/h1-18H2. The molecule has 0 bridgehead atoms. The van der Waals surface area contributed by atoms with E-state index in [-0.39, 0.29) is 0 Å². The van der Waals surface area contributed by atoms with Crippen LogP contribution in [0.2, 0.25) is 0 Å². The fourth-order valence-corrected chi connectivity index (χ4v) is 5.00. The molecule has 0 aliphatic carbocycles. The molecule has 2 rings (SSSR count). The van der Waals surface area contributed by atoms with E-state index in [1.165, 1.54) is 62.9 Å². The molecule has 0 aromatic heterocycles. The van der Waals surface area contributed by atoms with Crippen molar-refractivity contribution in [1.82, 2.24) is 8.61 Å². The summed E-state index contributed by atoms with van der Waals surface area (Å²) in [5.74, 6) is 2.58. The highest BCUT2D eigenvalue weighted by Gasteiger charge is 2.10. The van der Waals surface area contributed by atoms with Gasteiger partial charge >= 0.3 is 0 Å². The minimum Gasteiger partial charge on any atom is -0.379 e. The summed E-state index contributed by atoms with van der Waals surface area (Å²) < 4.78 is 15.7. The Morgan fingerprint density at radius 2 is 0.833 bits per heavy atom. The van der Waals surface area contributed by atoms with Crippen molar-refractivity contribution < 1.29 is 9.47 Å². The van der Waals surface area contributed by atoms with Crippen LogP contribution in [0, 0.1) is 0 Å². The maximum absolute atomic E-state index is 5.37. The Morgan fingerprint density at radius 3 is 1.21 bits per heavy atom. The van der Waals surface area contributed by atoms with Crippen molar-refractivity contribution in [1.29, 1.82) is 0 Å². The van der Waals surface area contributed by atoms with Gasteiger partial charge in [0.05, 0.1) is 26.4 Å². The molecule has 2 saturated heterocycles. The third-order valence-electron chi connectivity index (χ3n) is 4.53. The Hall–Kier alpha value is 0.540. The maximum Gasteiger partial charge on any atom is 0.0603 e. The van der Waals surface area contributed by atoms with Gasteiger partial charge in [0.2, 0.25) is 0 Å². The van der Waals surface area contributed by atoms with Crippen LogP contribution < -0.4 is 0 Å². The van der Waals surface area contributed by atoms with Gasteiger partial charge in [0.1, 0.15) is 0 Å². The number of rotatable bonds is 13. The predicted octanol–water partition coefficient (Wildman–Crippen LogP) is 4.07. The summed E-state index contributed by atoms with van der Waals surface area (Å²) in [6.45, 7) is 8.08. The van der Waals surface area contributed by atoms with Gasteiger partial charge in [-0.2, -0.15) is 0 Å². The normalized spacial score (nSPS) is 20.5. The van der Waals surface area contributed by atoms with Gasteiger partial charge < -0.3 is 9.47 Å². The van der Waals surface area contributed by atoms with E-state index in [1.807, 2.05) is 23.9 Å². The first-order valence-electron chi connectivity index (χ1n) is 9.86. The van der Waals surface area contributed by atoms with Gasteiger partial charge in [-0.1, -0.05) is 62.4 Å². The van der Waals surface area contributed by atoms with Crippen LogP contribution in [0.4, 0.5) is 0 Å². The molecule has 0 aromatic carbocycles. The summed E-state index contributed by atoms with van der Waals surface area (Å²) in [6, 6.07) is 0. The van der Waals surface area contributed by atoms with Crippen LogP contribution in [-0.4, -0.2) is 72.7 Å². The fraction of sp³-hybridized carbons (Fsp3) is 1.00. The van der Waals surface area contributed by atoms with Crippen molar-refractivity contribution >= 4 is 23.9 Å². The van der Waals surface area contributed by atoms with E-state index in [0.717, 1.165) is 52.6 Å². The minimum absolute atomic E-state index is 0.915. The van der Waals surface area contributed by atoms with E-state index < -0.39 is 0 Å². The summed E-state index contributed by atoms with van der Waals surface area (Å²) in [7, 11) is 0. The molecule has 0 spiro atoms. The molecule has 0 radical (unpaired) electrons. The molecule has 142 valence electrons. The monoisotopic (exact) mass is 376 g/mol. The van der Waals surface area contributed by atoms with Crippen LogP contribution >= 0.6 is 23.9 Å². The Balaban J connectivity index is 1.25. The second-order valence-corrected chi connectivity index (χ2v) is 8.94. The van der Waals surface area contributed by atoms with Gasteiger partial charge in [-0.05, 0) is 12.8 Å². The molecule has 0 N–H and O–H groups in total. The van der Waals surface area contributed by atoms with E-state index in [9.17, 15) is 0 Å². The maximum atomic E-state index is 5.37. The van der Waals surface area contributed by atoms with Crippen LogP contribution in [0.15, 0.2) is 0 Å². The minimum atomic E-state index is 0.915. The van der Waals surface area contributed by atoms with Gasteiger partial charge in [0.15, 0.2) is 0 Å². The van der Waals surface area contributed by atoms with Crippen molar-refractivity contribution in [3.8, 4) is 0 Å². The number of hydrogen-bond donors (Lipinski definition) is 0. The molecule has 24 heavy (non-hydrogen) atoms. The number of nitrogens with zero attached hydrogens (tertiary/aromatic N) is 2. The van der Waals surface area contributed by atoms with Crippen molar-refractivity contribution in [3.05, 3.63) is 0 Å². The predicted molar refractivity (Wildman–Crippen MR) is 107 cm³/mol. The smallest absolute Gasteiger partial charge is 0.0603 e. The van der Waals surface area contributed by atoms with E-state index in [2.05, 4.69) is 8.61 Å². The molecule has 0 amide bonds. The summed E-state index contributed by atoms with van der Waals surface area (Å²) >= 11 is 4.05. The highest BCUT2D eigenvalue weighted by molar-refractivity contribution is 7.97. The average Bonchev–Trinajstić information content (AvgIpc) is 2.64. The zero-order valence-electron chi connectivity index (χ0n) is 15.3. The quantitative estimate of drug-likeness (QED) is 0.355. The van der Waals surface area contributed by atoms with Gasteiger partial charge in [0, 0.05) is 37.7 Å². The Morgan fingerprint density at radius 1 is 0.500 bits per heavy atom.